The molecule has 110 valence electrons. The molecule has 1 saturated heterocycles. The number of hydrogen-bond donors (Lipinski definition) is 1. The Morgan fingerprint density at radius 1 is 1.10 bits per heavy atom. The summed E-state index contributed by atoms with van der Waals surface area (Å²) in [5.74, 6) is 2.55. The monoisotopic (exact) mass is 283 g/mol. The van der Waals surface area contributed by atoms with Crippen molar-refractivity contribution >= 4 is 0 Å². The molecule has 2 aromatic rings. The van der Waals surface area contributed by atoms with Crippen molar-refractivity contribution in [3.05, 3.63) is 47.1 Å². The third-order valence-corrected chi connectivity index (χ3v) is 4.82. The van der Waals surface area contributed by atoms with E-state index in [2.05, 4.69) is 34.7 Å². The van der Waals surface area contributed by atoms with Gasteiger partial charge in [-0.1, -0.05) is 29.4 Å². The third kappa shape index (κ3) is 2.60. The van der Waals surface area contributed by atoms with Gasteiger partial charge in [0.1, 0.15) is 0 Å². The first kappa shape index (κ1) is 13.0. The molecule has 0 radical (unpaired) electrons. The summed E-state index contributed by atoms with van der Waals surface area (Å²) < 4.78 is 5.58. The molecule has 0 spiro atoms. The van der Waals surface area contributed by atoms with Gasteiger partial charge in [0.15, 0.2) is 5.82 Å². The van der Waals surface area contributed by atoms with E-state index in [-0.39, 0.29) is 0 Å². The van der Waals surface area contributed by atoms with Gasteiger partial charge < -0.3 is 9.84 Å². The van der Waals surface area contributed by atoms with Gasteiger partial charge in [-0.2, -0.15) is 4.98 Å². The van der Waals surface area contributed by atoms with E-state index in [4.69, 9.17) is 9.51 Å². The molecule has 2 aliphatic rings. The molecule has 4 nitrogen and oxygen atoms in total. The molecule has 0 saturated carbocycles. The van der Waals surface area contributed by atoms with Crippen LogP contribution in [0, 0.1) is 0 Å². The second-order valence-electron chi connectivity index (χ2n) is 6.24. The number of aromatic nitrogens is 2. The summed E-state index contributed by atoms with van der Waals surface area (Å²) in [5.41, 5.74) is 2.91. The van der Waals surface area contributed by atoms with Crippen molar-refractivity contribution < 1.29 is 4.52 Å². The van der Waals surface area contributed by atoms with Gasteiger partial charge in [-0.15, -0.1) is 0 Å². The Morgan fingerprint density at radius 2 is 2.00 bits per heavy atom. The van der Waals surface area contributed by atoms with E-state index in [1.54, 1.807) is 0 Å². The smallest absolute Gasteiger partial charge is 0.230 e. The summed E-state index contributed by atoms with van der Waals surface area (Å²) in [6.07, 6.45) is 5.62. The standard InChI is InChI=1S/C17H21N3O/c1-2-5-13-10-14(8-7-12(13)4-1)17-19-16(20-21-17)15-6-3-9-18-11-15/h1-2,4-5,14-15,18H,3,6-11H2. The van der Waals surface area contributed by atoms with Crippen molar-refractivity contribution in [3.8, 4) is 0 Å². The predicted molar refractivity (Wildman–Crippen MR) is 80.4 cm³/mol. The van der Waals surface area contributed by atoms with Crippen molar-refractivity contribution in [1.82, 2.24) is 15.5 Å². The van der Waals surface area contributed by atoms with Crippen LogP contribution in [0.2, 0.25) is 0 Å². The van der Waals surface area contributed by atoms with Gasteiger partial charge in [0, 0.05) is 18.4 Å². The first-order valence-corrected chi connectivity index (χ1v) is 8.01. The molecule has 1 N–H and O–H groups in total. The Hall–Kier alpha value is -1.68. The molecule has 2 heterocycles. The van der Waals surface area contributed by atoms with Crippen LogP contribution in [0.5, 0.6) is 0 Å². The van der Waals surface area contributed by atoms with E-state index in [1.165, 1.54) is 24.0 Å². The highest BCUT2D eigenvalue weighted by Crippen LogP contribution is 2.32. The van der Waals surface area contributed by atoms with Crippen LogP contribution in [0.4, 0.5) is 0 Å². The van der Waals surface area contributed by atoms with E-state index in [1.807, 2.05) is 0 Å². The SMILES string of the molecule is c1ccc2c(c1)CCC(c1nc(C3CCCNC3)no1)C2. The predicted octanol–water partition coefficient (Wildman–Crippen LogP) is 2.81. The van der Waals surface area contributed by atoms with Crippen LogP contribution in [0.3, 0.4) is 0 Å². The fraction of sp³-hybridized carbons (Fsp3) is 0.529. The fourth-order valence-corrected chi connectivity index (χ4v) is 3.56. The van der Waals surface area contributed by atoms with E-state index < -0.39 is 0 Å². The number of rotatable bonds is 2. The first-order valence-electron chi connectivity index (χ1n) is 8.01. The summed E-state index contributed by atoms with van der Waals surface area (Å²) in [4.78, 5) is 4.71. The molecule has 1 aromatic heterocycles. The molecule has 4 heteroatoms. The lowest BCUT2D eigenvalue weighted by Crippen LogP contribution is -2.29. The maximum Gasteiger partial charge on any atom is 0.230 e. The lowest BCUT2D eigenvalue weighted by Gasteiger charge is -2.21. The number of nitrogens with zero attached hydrogens (tertiary/aromatic N) is 2. The lowest BCUT2D eigenvalue weighted by atomic mass is 9.84. The Kier molecular flexibility index (Phi) is 3.47. The van der Waals surface area contributed by atoms with Crippen LogP contribution in [-0.4, -0.2) is 23.2 Å². The van der Waals surface area contributed by atoms with Crippen LogP contribution in [0.15, 0.2) is 28.8 Å². The zero-order valence-corrected chi connectivity index (χ0v) is 12.2. The summed E-state index contributed by atoms with van der Waals surface area (Å²) >= 11 is 0. The van der Waals surface area contributed by atoms with Crippen LogP contribution >= 0.6 is 0 Å². The van der Waals surface area contributed by atoms with Gasteiger partial charge >= 0.3 is 0 Å². The number of benzene rings is 1. The van der Waals surface area contributed by atoms with Crippen LogP contribution in [0.25, 0.3) is 0 Å². The van der Waals surface area contributed by atoms with Crippen molar-refractivity contribution in [2.24, 2.45) is 0 Å². The van der Waals surface area contributed by atoms with Crippen LogP contribution in [-0.2, 0) is 12.8 Å². The third-order valence-electron chi connectivity index (χ3n) is 4.82. The quantitative estimate of drug-likeness (QED) is 0.921. The number of fused-ring (bicyclic) bond motifs is 1. The Morgan fingerprint density at radius 3 is 2.86 bits per heavy atom. The van der Waals surface area contributed by atoms with E-state index in [9.17, 15) is 0 Å². The number of aryl methyl sites for hydroxylation is 1. The summed E-state index contributed by atoms with van der Waals surface area (Å²) in [6, 6.07) is 8.70. The molecule has 1 aromatic carbocycles. The highest BCUT2D eigenvalue weighted by molar-refractivity contribution is 5.31. The van der Waals surface area contributed by atoms with Crippen LogP contribution < -0.4 is 5.32 Å². The number of hydrogen-bond acceptors (Lipinski definition) is 4. The molecule has 0 bridgehead atoms. The molecular weight excluding hydrogens is 262 g/mol. The highest BCUT2D eigenvalue weighted by atomic mass is 16.5. The van der Waals surface area contributed by atoms with E-state index in [0.29, 0.717) is 11.8 Å². The maximum atomic E-state index is 5.58. The topological polar surface area (TPSA) is 51.0 Å². The molecule has 1 aliphatic heterocycles. The second-order valence-corrected chi connectivity index (χ2v) is 6.24. The van der Waals surface area contributed by atoms with E-state index in [0.717, 1.165) is 44.1 Å². The van der Waals surface area contributed by atoms with Gasteiger partial charge in [-0.3, -0.25) is 0 Å². The summed E-state index contributed by atoms with van der Waals surface area (Å²) in [5, 5.41) is 7.66. The summed E-state index contributed by atoms with van der Waals surface area (Å²) in [7, 11) is 0. The zero-order valence-electron chi connectivity index (χ0n) is 12.2. The van der Waals surface area contributed by atoms with Gasteiger partial charge in [0.2, 0.25) is 5.89 Å². The lowest BCUT2D eigenvalue weighted by molar-refractivity contribution is 0.332. The maximum absolute atomic E-state index is 5.58. The molecule has 1 fully saturated rings. The molecule has 21 heavy (non-hydrogen) atoms. The fourth-order valence-electron chi connectivity index (χ4n) is 3.56. The largest absolute Gasteiger partial charge is 0.339 e. The molecular formula is C17H21N3O. The average molecular weight is 283 g/mol. The van der Waals surface area contributed by atoms with Gasteiger partial charge in [-0.05, 0) is 49.8 Å². The van der Waals surface area contributed by atoms with Gasteiger partial charge in [0.25, 0.3) is 0 Å². The van der Waals surface area contributed by atoms with Gasteiger partial charge in [0.05, 0.1) is 0 Å². The number of nitrogens with one attached hydrogen (secondary N) is 1. The minimum atomic E-state index is 0.387. The second kappa shape index (κ2) is 5.60. The summed E-state index contributed by atoms with van der Waals surface area (Å²) in [6.45, 7) is 2.09. The van der Waals surface area contributed by atoms with Crippen molar-refractivity contribution in [1.29, 1.82) is 0 Å². The molecule has 2 atom stereocenters. The normalized spacial score (nSPS) is 25.5. The molecule has 0 amide bonds. The first-order chi connectivity index (χ1) is 10.4. The Labute approximate surface area is 124 Å². The average Bonchev–Trinajstić information content (AvgIpc) is 3.05. The Bertz CT molecular complexity index is 616. The van der Waals surface area contributed by atoms with Crippen LogP contribution in [0.1, 0.15) is 53.9 Å². The minimum Gasteiger partial charge on any atom is -0.339 e. The van der Waals surface area contributed by atoms with Gasteiger partial charge in [-0.25, -0.2) is 0 Å². The van der Waals surface area contributed by atoms with E-state index >= 15 is 0 Å². The molecule has 2 unspecified atom stereocenters. The van der Waals surface area contributed by atoms with Crippen molar-refractivity contribution in [3.63, 3.8) is 0 Å². The zero-order chi connectivity index (χ0) is 14.1. The minimum absolute atomic E-state index is 0.387. The van der Waals surface area contributed by atoms with Crippen molar-refractivity contribution in [2.75, 3.05) is 13.1 Å². The molecule has 4 rings (SSSR count). The highest BCUT2D eigenvalue weighted by Gasteiger charge is 2.27. The Balaban J connectivity index is 1.51. The molecule has 1 aliphatic carbocycles. The van der Waals surface area contributed by atoms with Crippen molar-refractivity contribution in [2.45, 2.75) is 43.9 Å². The number of piperidine rings is 1.